The summed E-state index contributed by atoms with van der Waals surface area (Å²) in [7, 11) is 0. The summed E-state index contributed by atoms with van der Waals surface area (Å²) < 4.78 is 0. The standard InChI is InChI=1S/C14H18N2O2/c1-4-14(3,13(17)18)16-9-12-6-5-11(8-15)7-10(12)2/h5-7,16H,4,9H2,1-3H3,(H,17,18). The number of nitrogens with one attached hydrogen (secondary N) is 1. The predicted molar refractivity (Wildman–Crippen MR) is 69.1 cm³/mol. The molecule has 18 heavy (non-hydrogen) atoms. The normalized spacial score (nSPS) is 13.7. The van der Waals surface area contributed by atoms with E-state index in [-0.39, 0.29) is 0 Å². The molecule has 0 saturated carbocycles. The summed E-state index contributed by atoms with van der Waals surface area (Å²) in [5, 5.41) is 21.0. The first-order valence-corrected chi connectivity index (χ1v) is 5.91. The highest BCUT2D eigenvalue weighted by Crippen LogP contribution is 2.14. The molecule has 1 rings (SSSR count). The summed E-state index contributed by atoms with van der Waals surface area (Å²) in [4.78, 5) is 11.2. The summed E-state index contributed by atoms with van der Waals surface area (Å²) in [6, 6.07) is 7.49. The van der Waals surface area contributed by atoms with Crippen LogP contribution in [0.3, 0.4) is 0 Å². The first kappa shape index (κ1) is 14.2. The number of hydrogen-bond donors (Lipinski definition) is 2. The fraction of sp³-hybridized carbons (Fsp3) is 0.429. The summed E-state index contributed by atoms with van der Waals surface area (Å²) in [6.45, 7) is 5.91. The zero-order chi connectivity index (χ0) is 13.8. The molecule has 1 aromatic carbocycles. The Bertz CT molecular complexity index is 491. The van der Waals surface area contributed by atoms with E-state index in [1.165, 1.54) is 0 Å². The van der Waals surface area contributed by atoms with Gasteiger partial charge in [-0.2, -0.15) is 5.26 Å². The molecule has 96 valence electrons. The third kappa shape index (κ3) is 3.08. The minimum atomic E-state index is -0.916. The number of benzene rings is 1. The third-order valence-electron chi connectivity index (χ3n) is 3.32. The van der Waals surface area contributed by atoms with Crippen LogP contribution in [-0.4, -0.2) is 16.6 Å². The topological polar surface area (TPSA) is 73.1 Å². The van der Waals surface area contributed by atoms with Gasteiger partial charge in [-0.15, -0.1) is 0 Å². The number of carboxylic acids is 1. The molecule has 0 fully saturated rings. The second-order valence-corrected chi connectivity index (χ2v) is 4.60. The molecular weight excluding hydrogens is 228 g/mol. The average Bonchev–Trinajstić information content (AvgIpc) is 2.36. The second-order valence-electron chi connectivity index (χ2n) is 4.60. The highest BCUT2D eigenvalue weighted by Gasteiger charge is 2.30. The van der Waals surface area contributed by atoms with Gasteiger partial charge >= 0.3 is 5.97 Å². The van der Waals surface area contributed by atoms with E-state index in [2.05, 4.69) is 11.4 Å². The van der Waals surface area contributed by atoms with Gasteiger partial charge in [-0.3, -0.25) is 10.1 Å². The Morgan fingerprint density at radius 2 is 2.22 bits per heavy atom. The van der Waals surface area contributed by atoms with Crippen molar-refractivity contribution in [3.8, 4) is 6.07 Å². The first-order valence-electron chi connectivity index (χ1n) is 5.91. The Morgan fingerprint density at radius 3 is 2.67 bits per heavy atom. The van der Waals surface area contributed by atoms with E-state index in [0.717, 1.165) is 11.1 Å². The van der Waals surface area contributed by atoms with Gasteiger partial charge in [0.05, 0.1) is 11.6 Å². The molecule has 1 aromatic rings. The highest BCUT2D eigenvalue weighted by atomic mass is 16.4. The number of aliphatic carboxylic acids is 1. The maximum atomic E-state index is 11.2. The van der Waals surface area contributed by atoms with Crippen molar-refractivity contribution in [1.82, 2.24) is 5.32 Å². The van der Waals surface area contributed by atoms with Gasteiger partial charge in [-0.25, -0.2) is 0 Å². The molecule has 1 atom stereocenters. The Labute approximate surface area is 107 Å². The molecule has 0 aliphatic heterocycles. The lowest BCUT2D eigenvalue weighted by molar-refractivity contribution is -0.144. The van der Waals surface area contributed by atoms with Crippen LogP contribution >= 0.6 is 0 Å². The fourth-order valence-electron chi connectivity index (χ4n) is 1.61. The van der Waals surface area contributed by atoms with Gasteiger partial charge < -0.3 is 5.11 Å². The van der Waals surface area contributed by atoms with Crippen LogP contribution in [0.15, 0.2) is 18.2 Å². The van der Waals surface area contributed by atoms with Gasteiger partial charge in [0.2, 0.25) is 0 Å². The number of rotatable bonds is 5. The van der Waals surface area contributed by atoms with E-state index in [1.54, 1.807) is 19.1 Å². The van der Waals surface area contributed by atoms with Crippen LogP contribution in [-0.2, 0) is 11.3 Å². The molecule has 2 N–H and O–H groups in total. The summed E-state index contributed by atoms with van der Waals surface area (Å²) in [5.41, 5.74) is 1.70. The van der Waals surface area contributed by atoms with Gasteiger partial charge in [0.1, 0.15) is 5.54 Å². The summed E-state index contributed by atoms with van der Waals surface area (Å²) in [6.07, 6.45) is 0.512. The lowest BCUT2D eigenvalue weighted by atomic mass is 9.98. The first-order chi connectivity index (χ1) is 8.42. The van der Waals surface area contributed by atoms with Crippen LogP contribution in [0.4, 0.5) is 0 Å². The van der Waals surface area contributed by atoms with E-state index in [0.29, 0.717) is 18.5 Å². The van der Waals surface area contributed by atoms with Gasteiger partial charge in [0, 0.05) is 6.54 Å². The summed E-state index contributed by atoms with van der Waals surface area (Å²) >= 11 is 0. The highest BCUT2D eigenvalue weighted by molar-refractivity contribution is 5.78. The van der Waals surface area contributed by atoms with E-state index in [9.17, 15) is 4.79 Å². The molecule has 0 aliphatic rings. The lowest BCUT2D eigenvalue weighted by Crippen LogP contribution is -2.48. The van der Waals surface area contributed by atoms with Crippen molar-refractivity contribution in [1.29, 1.82) is 5.26 Å². The number of nitrogens with zero attached hydrogens (tertiary/aromatic N) is 1. The third-order valence-corrected chi connectivity index (χ3v) is 3.32. The maximum Gasteiger partial charge on any atom is 0.323 e. The van der Waals surface area contributed by atoms with E-state index >= 15 is 0 Å². The van der Waals surface area contributed by atoms with Gasteiger partial charge in [0.25, 0.3) is 0 Å². The van der Waals surface area contributed by atoms with E-state index in [4.69, 9.17) is 10.4 Å². The molecule has 0 bridgehead atoms. The lowest BCUT2D eigenvalue weighted by Gasteiger charge is -2.25. The molecule has 4 nitrogen and oxygen atoms in total. The fourth-order valence-corrected chi connectivity index (χ4v) is 1.61. The van der Waals surface area contributed by atoms with Crippen LogP contribution in [0.25, 0.3) is 0 Å². The van der Waals surface area contributed by atoms with Crippen molar-refractivity contribution >= 4 is 5.97 Å². The maximum absolute atomic E-state index is 11.2. The average molecular weight is 246 g/mol. The van der Waals surface area contributed by atoms with Gasteiger partial charge in [-0.05, 0) is 43.5 Å². The molecule has 4 heteroatoms. The van der Waals surface area contributed by atoms with Crippen molar-refractivity contribution in [3.63, 3.8) is 0 Å². The molecule has 1 unspecified atom stereocenters. The zero-order valence-corrected chi connectivity index (χ0v) is 10.9. The molecule has 0 aliphatic carbocycles. The molecule has 0 aromatic heterocycles. The number of hydrogen-bond acceptors (Lipinski definition) is 3. The molecule has 0 spiro atoms. The second kappa shape index (κ2) is 5.65. The molecular formula is C14H18N2O2. The number of carboxylic acid groups (broad SMARTS) is 1. The van der Waals surface area contributed by atoms with Gasteiger partial charge in [-0.1, -0.05) is 13.0 Å². The zero-order valence-electron chi connectivity index (χ0n) is 10.9. The SMILES string of the molecule is CCC(C)(NCc1ccc(C#N)cc1C)C(=O)O. The number of nitriles is 1. The predicted octanol–water partition coefficient (Wildman–Crippen LogP) is 2.21. The molecule has 0 amide bonds. The molecule has 0 saturated heterocycles. The van der Waals surface area contributed by atoms with Crippen molar-refractivity contribution in [2.45, 2.75) is 39.3 Å². The number of carbonyl (C=O) groups is 1. The van der Waals surface area contributed by atoms with E-state index < -0.39 is 11.5 Å². The van der Waals surface area contributed by atoms with Crippen molar-refractivity contribution in [2.24, 2.45) is 0 Å². The van der Waals surface area contributed by atoms with Crippen LogP contribution < -0.4 is 5.32 Å². The Kier molecular flexibility index (Phi) is 4.46. The minimum Gasteiger partial charge on any atom is -0.480 e. The van der Waals surface area contributed by atoms with Gasteiger partial charge in [0.15, 0.2) is 0 Å². The Hall–Kier alpha value is -1.86. The monoisotopic (exact) mass is 246 g/mol. The quantitative estimate of drug-likeness (QED) is 0.835. The molecule has 0 heterocycles. The Balaban J connectivity index is 2.81. The van der Waals surface area contributed by atoms with Crippen molar-refractivity contribution < 1.29 is 9.90 Å². The minimum absolute atomic E-state index is 0.480. The summed E-state index contributed by atoms with van der Waals surface area (Å²) in [5.74, 6) is -0.851. The van der Waals surface area contributed by atoms with Crippen LogP contribution in [0, 0.1) is 18.3 Å². The van der Waals surface area contributed by atoms with E-state index in [1.807, 2.05) is 19.9 Å². The van der Waals surface area contributed by atoms with Crippen molar-refractivity contribution in [3.05, 3.63) is 34.9 Å². The number of aryl methyl sites for hydroxylation is 1. The smallest absolute Gasteiger partial charge is 0.323 e. The molecule has 0 radical (unpaired) electrons. The van der Waals surface area contributed by atoms with Crippen molar-refractivity contribution in [2.75, 3.05) is 0 Å². The van der Waals surface area contributed by atoms with Crippen LogP contribution in [0.2, 0.25) is 0 Å². The largest absolute Gasteiger partial charge is 0.480 e. The van der Waals surface area contributed by atoms with Crippen LogP contribution in [0.1, 0.15) is 37.0 Å². The van der Waals surface area contributed by atoms with Crippen LogP contribution in [0.5, 0.6) is 0 Å². The Morgan fingerprint density at radius 1 is 1.56 bits per heavy atom.